The molecule has 0 saturated carbocycles. The molecule has 0 radical (unpaired) electrons. The molecule has 2 heterocycles. The van der Waals surface area contributed by atoms with Gasteiger partial charge >= 0.3 is 0 Å². The fourth-order valence-electron chi connectivity index (χ4n) is 1.98. The SMILES string of the molecule is Cn1cncc1-c1c[nH]c2ccc(Br)c(F)c12. The predicted molar refractivity (Wildman–Crippen MR) is 68.2 cm³/mol. The van der Waals surface area contributed by atoms with E-state index in [4.69, 9.17) is 0 Å². The molecule has 5 heteroatoms. The van der Waals surface area contributed by atoms with Crippen molar-refractivity contribution in [3.63, 3.8) is 0 Å². The third-order valence-corrected chi connectivity index (χ3v) is 3.44. The van der Waals surface area contributed by atoms with E-state index in [2.05, 4.69) is 25.9 Å². The molecule has 1 N–H and O–H groups in total. The molecule has 2 aromatic heterocycles. The number of nitrogens with zero attached hydrogens (tertiary/aromatic N) is 2. The first-order chi connectivity index (χ1) is 8.18. The van der Waals surface area contributed by atoms with E-state index < -0.39 is 0 Å². The Bertz CT molecular complexity index is 699. The van der Waals surface area contributed by atoms with E-state index in [1.165, 1.54) is 0 Å². The van der Waals surface area contributed by atoms with E-state index in [0.717, 1.165) is 16.8 Å². The summed E-state index contributed by atoms with van der Waals surface area (Å²) in [4.78, 5) is 7.12. The Kier molecular flexibility index (Phi) is 2.29. The maximum atomic E-state index is 14.1. The highest BCUT2D eigenvalue weighted by molar-refractivity contribution is 9.10. The molecule has 0 amide bonds. The minimum absolute atomic E-state index is 0.250. The quantitative estimate of drug-likeness (QED) is 0.732. The Morgan fingerprint density at radius 1 is 1.41 bits per heavy atom. The summed E-state index contributed by atoms with van der Waals surface area (Å²) in [7, 11) is 1.89. The summed E-state index contributed by atoms with van der Waals surface area (Å²) < 4.78 is 16.4. The summed E-state index contributed by atoms with van der Waals surface area (Å²) in [5, 5.41) is 0.586. The van der Waals surface area contributed by atoms with Crippen LogP contribution >= 0.6 is 15.9 Å². The normalized spacial score (nSPS) is 11.2. The van der Waals surface area contributed by atoms with Gasteiger partial charge < -0.3 is 9.55 Å². The van der Waals surface area contributed by atoms with Gasteiger partial charge in [0.05, 0.1) is 22.7 Å². The number of nitrogens with one attached hydrogen (secondary N) is 1. The fraction of sp³-hybridized carbons (Fsp3) is 0.0833. The third kappa shape index (κ3) is 1.50. The largest absolute Gasteiger partial charge is 0.360 e. The molecule has 0 saturated heterocycles. The van der Waals surface area contributed by atoms with E-state index in [9.17, 15) is 4.39 Å². The third-order valence-electron chi connectivity index (χ3n) is 2.83. The maximum absolute atomic E-state index is 14.1. The molecule has 0 bridgehead atoms. The van der Waals surface area contributed by atoms with E-state index in [-0.39, 0.29) is 5.82 Å². The number of rotatable bonds is 1. The highest BCUT2D eigenvalue weighted by Crippen LogP contribution is 2.33. The highest BCUT2D eigenvalue weighted by atomic mass is 79.9. The molecule has 3 aromatic rings. The van der Waals surface area contributed by atoms with Crippen molar-refractivity contribution in [2.75, 3.05) is 0 Å². The topological polar surface area (TPSA) is 33.6 Å². The van der Waals surface area contributed by atoms with Crippen LogP contribution in [0, 0.1) is 5.82 Å². The van der Waals surface area contributed by atoms with Crippen LogP contribution in [0.3, 0.4) is 0 Å². The Labute approximate surface area is 105 Å². The lowest BCUT2D eigenvalue weighted by atomic mass is 10.1. The van der Waals surface area contributed by atoms with Crippen LogP contribution in [0.25, 0.3) is 22.2 Å². The number of benzene rings is 1. The minimum atomic E-state index is -0.250. The van der Waals surface area contributed by atoms with Crippen molar-refractivity contribution in [3.8, 4) is 11.3 Å². The Morgan fingerprint density at radius 2 is 2.24 bits per heavy atom. The molecular formula is C12H9BrFN3. The molecule has 0 aliphatic rings. The van der Waals surface area contributed by atoms with Crippen LogP contribution in [0.5, 0.6) is 0 Å². The number of halogens is 2. The molecule has 0 aliphatic heterocycles. The number of aromatic nitrogens is 3. The Hall–Kier alpha value is -1.62. The lowest BCUT2D eigenvalue weighted by Crippen LogP contribution is -1.89. The maximum Gasteiger partial charge on any atom is 0.147 e. The Morgan fingerprint density at radius 3 is 2.94 bits per heavy atom. The zero-order chi connectivity index (χ0) is 12.0. The van der Waals surface area contributed by atoms with Gasteiger partial charge in [-0.25, -0.2) is 9.37 Å². The first-order valence-corrected chi connectivity index (χ1v) is 5.89. The minimum Gasteiger partial charge on any atom is -0.360 e. The van der Waals surface area contributed by atoms with Gasteiger partial charge in [0.1, 0.15) is 5.82 Å². The summed E-state index contributed by atoms with van der Waals surface area (Å²) in [5.41, 5.74) is 2.48. The molecule has 0 atom stereocenters. The Balaban J connectivity index is 2.39. The van der Waals surface area contributed by atoms with Crippen molar-refractivity contribution in [1.29, 1.82) is 0 Å². The van der Waals surface area contributed by atoms with Gasteiger partial charge in [-0.15, -0.1) is 0 Å². The van der Waals surface area contributed by atoms with Gasteiger partial charge in [0, 0.05) is 29.7 Å². The van der Waals surface area contributed by atoms with Crippen LogP contribution in [-0.4, -0.2) is 14.5 Å². The summed E-state index contributed by atoms with van der Waals surface area (Å²) in [5.74, 6) is -0.250. The average Bonchev–Trinajstić information content (AvgIpc) is 2.89. The highest BCUT2D eigenvalue weighted by Gasteiger charge is 2.14. The number of aryl methyl sites for hydroxylation is 1. The first kappa shape index (κ1) is 10.5. The zero-order valence-corrected chi connectivity index (χ0v) is 10.6. The summed E-state index contributed by atoms with van der Waals surface area (Å²) >= 11 is 3.21. The molecule has 0 aliphatic carbocycles. The molecule has 17 heavy (non-hydrogen) atoms. The molecule has 0 spiro atoms. The lowest BCUT2D eigenvalue weighted by molar-refractivity contribution is 0.633. The second-order valence-electron chi connectivity index (χ2n) is 3.88. The van der Waals surface area contributed by atoms with E-state index in [1.54, 1.807) is 24.8 Å². The number of imidazole rings is 1. The number of aromatic amines is 1. The van der Waals surface area contributed by atoms with Gasteiger partial charge in [-0.3, -0.25) is 0 Å². The van der Waals surface area contributed by atoms with Crippen LogP contribution in [0.1, 0.15) is 0 Å². The van der Waals surface area contributed by atoms with Crippen molar-refractivity contribution in [3.05, 3.63) is 41.1 Å². The molecule has 0 unspecified atom stereocenters. The molecule has 86 valence electrons. The van der Waals surface area contributed by atoms with Crippen LogP contribution < -0.4 is 0 Å². The van der Waals surface area contributed by atoms with Crippen LogP contribution in [0.15, 0.2) is 35.3 Å². The van der Waals surface area contributed by atoms with Crippen LogP contribution in [-0.2, 0) is 7.05 Å². The van der Waals surface area contributed by atoms with Crippen LogP contribution in [0.4, 0.5) is 4.39 Å². The number of hydrogen-bond acceptors (Lipinski definition) is 1. The molecule has 0 fully saturated rings. The van der Waals surface area contributed by atoms with Crippen molar-refractivity contribution in [2.24, 2.45) is 7.05 Å². The van der Waals surface area contributed by atoms with Gasteiger partial charge in [-0.2, -0.15) is 0 Å². The molecule has 3 nitrogen and oxygen atoms in total. The molecule has 1 aromatic carbocycles. The van der Waals surface area contributed by atoms with Crippen LogP contribution in [0.2, 0.25) is 0 Å². The monoisotopic (exact) mass is 293 g/mol. The van der Waals surface area contributed by atoms with Gasteiger partial charge in [0.25, 0.3) is 0 Å². The standard InChI is InChI=1S/C12H9BrFN3/c1-17-6-15-5-10(17)7-4-16-9-3-2-8(13)12(14)11(7)9/h2-6,16H,1H3. The van der Waals surface area contributed by atoms with Gasteiger partial charge in [-0.1, -0.05) is 0 Å². The number of hydrogen-bond donors (Lipinski definition) is 1. The molecule has 3 rings (SSSR count). The average molecular weight is 294 g/mol. The number of fused-ring (bicyclic) bond motifs is 1. The van der Waals surface area contributed by atoms with E-state index in [0.29, 0.717) is 9.86 Å². The first-order valence-electron chi connectivity index (χ1n) is 5.10. The molecular weight excluding hydrogens is 285 g/mol. The lowest BCUT2D eigenvalue weighted by Gasteiger charge is -2.02. The second kappa shape index (κ2) is 3.70. The van der Waals surface area contributed by atoms with Crippen molar-refractivity contribution < 1.29 is 4.39 Å². The smallest absolute Gasteiger partial charge is 0.147 e. The van der Waals surface area contributed by atoms with Gasteiger partial charge in [-0.05, 0) is 28.1 Å². The summed E-state index contributed by atoms with van der Waals surface area (Å²) in [6.07, 6.45) is 5.23. The van der Waals surface area contributed by atoms with Crippen molar-refractivity contribution in [2.45, 2.75) is 0 Å². The second-order valence-corrected chi connectivity index (χ2v) is 4.73. The predicted octanol–water partition coefficient (Wildman–Crippen LogP) is 3.47. The fourth-order valence-corrected chi connectivity index (χ4v) is 2.31. The van der Waals surface area contributed by atoms with Crippen molar-refractivity contribution in [1.82, 2.24) is 14.5 Å². The van der Waals surface area contributed by atoms with Crippen molar-refractivity contribution >= 4 is 26.8 Å². The number of H-pyrrole nitrogens is 1. The summed E-state index contributed by atoms with van der Waals surface area (Å²) in [6, 6.07) is 3.55. The van der Waals surface area contributed by atoms with E-state index >= 15 is 0 Å². The summed E-state index contributed by atoms with van der Waals surface area (Å²) in [6.45, 7) is 0. The van der Waals surface area contributed by atoms with Gasteiger partial charge in [0.15, 0.2) is 0 Å². The zero-order valence-electron chi connectivity index (χ0n) is 9.04. The van der Waals surface area contributed by atoms with E-state index in [1.807, 2.05) is 17.7 Å². The van der Waals surface area contributed by atoms with Gasteiger partial charge in [0.2, 0.25) is 0 Å².